The van der Waals surface area contributed by atoms with Crippen LogP contribution in [0.1, 0.15) is 17.3 Å². The summed E-state index contributed by atoms with van der Waals surface area (Å²) >= 11 is 0. The summed E-state index contributed by atoms with van der Waals surface area (Å²) in [6.45, 7) is 5.35. The zero-order valence-electron chi connectivity index (χ0n) is 12.7. The lowest BCUT2D eigenvalue weighted by molar-refractivity contribution is 0.0944. The van der Waals surface area contributed by atoms with Crippen molar-refractivity contribution in [2.75, 3.05) is 45.0 Å². The van der Waals surface area contributed by atoms with Gasteiger partial charge in [-0.3, -0.25) is 14.7 Å². The summed E-state index contributed by atoms with van der Waals surface area (Å²) in [5.74, 6) is 0.00838. The molecule has 1 amide bonds. The Morgan fingerprint density at radius 2 is 2.05 bits per heavy atom. The Kier molecular flexibility index (Phi) is 5.87. The van der Waals surface area contributed by atoms with E-state index in [2.05, 4.69) is 15.2 Å². The number of hydrogen-bond acceptors (Lipinski definition) is 5. The van der Waals surface area contributed by atoms with E-state index in [1.54, 1.807) is 25.3 Å². The fourth-order valence-electron chi connectivity index (χ4n) is 2.34. The molecule has 0 saturated carbocycles. The van der Waals surface area contributed by atoms with E-state index in [0.29, 0.717) is 44.8 Å². The molecule has 0 spiro atoms. The Balaban J connectivity index is 1.70. The van der Waals surface area contributed by atoms with E-state index in [-0.39, 0.29) is 11.7 Å². The zero-order chi connectivity index (χ0) is 16.0. The number of sulfonamides is 1. The number of rotatable bonds is 6. The Bertz CT molecular complexity index is 583. The second kappa shape index (κ2) is 7.66. The highest BCUT2D eigenvalue weighted by atomic mass is 32.2. The first kappa shape index (κ1) is 16.9. The monoisotopic (exact) mass is 326 g/mol. The van der Waals surface area contributed by atoms with Gasteiger partial charge in [0.2, 0.25) is 10.0 Å². The number of nitrogens with one attached hydrogen (secondary N) is 1. The van der Waals surface area contributed by atoms with Crippen LogP contribution in [0.4, 0.5) is 0 Å². The third kappa shape index (κ3) is 4.49. The molecule has 0 bridgehead atoms. The van der Waals surface area contributed by atoms with Crippen molar-refractivity contribution in [2.24, 2.45) is 0 Å². The molecule has 0 aromatic carbocycles. The summed E-state index contributed by atoms with van der Waals surface area (Å²) < 4.78 is 25.1. The van der Waals surface area contributed by atoms with Crippen molar-refractivity contribution < 1.29 is 13.2 Å². The SMILES string of the molecule is CCS(=O)(=O)N1CCN(CCNC(=O)c2cccnc2)CC1. The van der Waals surface area contributed by atoms with Gasteiger partial charge in [-0.2, -0.15) is 4.31 Å². The summed E-state index contributed by atoms with van der Waals surface area (Å²) in [5.41, 5.74) is 0.543. The van der Waals surface area contributed by atoms with Crippen LogP contribution in [0.5, 0.6) is 0 Å². The lowest BCUT2D eigenvalue weighted by Gasteiger charge is -2.33. The van der Waals surface area contributed by atoms with Gasteiger partial charge in [-0.15, -0.1) is 0 Å². The van der Waals surface area contributed by atoms with Crippen LogP contribution in [0.15, 0.2) is 24.5 Å². The van der Waals surface area contributed by atoms with Crippen molar-refractivity contribution in [1.29, 1.82) is 0 Å². The molecule has 0 unspecified atom stereocenters. The van der Waals surface area contributed by atoms with E-state index in [1.807, 2.05) is 0 Å². The standard InChI is InChI=1S/C14H22N4O3S/c1-2-22(20,21)18-10-8-17(9-11-18)7-6-16-14(19)13-4-3-5-15-12-13/h3-5,12H,2,6-11H2,1H3,(H,16,19). The molecule has 2 rings (SSSR count). The minimum absolute atomic E-state index is 0.139. The molecular weight excluding hydrogens is 304 g/mol. The van der Waals surface area contributed by atoms with Gasteiger partial charge < -0.3 is 5.32 Å². The summed E-state index contributed by atoms with van der Waals surface area (Å²) in [5, 5.41) is 2.85. The highest BCUT2D eigenvalue weighted by Crippen LogP contribution is 2.07. The van der Waals surface area contributed by atoms with Crippen molar-refractivity contribution in [3.05, 3.63) is 30.1 Å². The van der Waals surface area contributed by atoms with E-state index < -0.39 is 10.0 Å². The molecule has 8 heteroatoms. The minimum Gasteiger partial charge on any atom is -0.351 e. The van der Waals surface area contributed by atoms with Gasteiger partial charge in [0.15, 0.2) is 0 Å². The third-order valence-electron chi connectivity index (χ3n) is 3.73. The van der Waals surface area contributed by atoms with E-state index >= 15 is 0 Å². The summed E-state index contributed by atoms with van der Waals surface area (Å²) in [6.07, 6.45) is 3.16. The smallest absolute Gasteiger partial charge is 0.252 e. The number of carbonyl (C=O) groups excluding carboxylic acids is 1. The van der Waals surface area contributed by atoms with Crippen molar-refractivity contribution in [3.8, 4) is 0 Å². The Morgan fingerprint density at radius 1 is 1.32 bits per heavy atom. The third-order valence-corrected chi connectivity index (χ3v) is 5.61. The van der Waals surface area contributed by atoms with Crippen LogP contribution in [0.2, 0.25) is 0 Å². The van der Waals surface area contributed by atoms with E-state index in [4.69, 9.17) is 0 Å². The average molecular weight is 326 g/mol. The number of nitrogens with zero attached hydrogens (tertiary/aromatic N) is 3. The van der Waals surface area contributed by atoms with Crippen LogP contribution in [0.3, 0.4) is 0 Å². The molecule has 0 radical (unpaired) electrons. The maximum atomic E-state index is 11.9. The first-order valence-corrected chi connectivity index (χ1v) is 9.02. The number of carbonyl (C=O) groups is 1. The van der Waals surface area contributed by atoms with Gasteiger partial charge in [0.25, 0.3) is 5.91 Å². The molecule has 1 aromatic rings. The van der Waals surface area contributed by atoms with E-state index in [0.717, 1.165) is 0 Å². The van der Waals surface area contributed by atoms with Gasteiger partial charge >= 0.3 is 0 Å². The molecule has 7 nitrogen and oxygen atoms in total. The van der Waals surface area contributed by atoms with E-state index in [1.165, 1.54) is 10.5 Å². The number of pyridine rings is 1. The molecule has 22 heavy (non-hydrogen) atoms. The van der Waals surface area contributed by atoms with Gasteiger partial charge in [0.05, 0.1) is 11.3 Å². The first-order valence-electron chi connectivity index (χ1n) is 7.41. The van der Waals surface area contributed by atoms with E-state index in [9.17, 15) is 13.2 Å². The molecule has 122 valence electrons. The number of amides is 1. The fraction of sp³-hybridized carbons (Fsp3) is 0.571. The average Bonchev–Trinajstić information content (AvgIpc) is 2.56. The molecular formula is C14H22N4O3S. The molecule has 1 aliphatic rings. The Labute approximate surface area is 131 Å². The molecule has 1 fully saturated rings. The summed E-state index contributed by atoms with van der Waals surface area (Å²) in [6, 6.07) is 3.44. The van der Waals surface area contributed by atoms with Crippen molar-refractivity contribution in [2.45, 2.75) is 6.92 Å². The normalized spacial score (nSPS) is 17.3. The lowest BCUT2D eigenvalue weighted by atomic mass is 10.2. The number of piperazine rings is 1. The van der Waals surface area contributed by atoms with Crippen LogP contribution < -0.4 is 5.32 Å². The lowest BCUT2D eigenvalue weighted by Crippen LogP contribution is -2.50. The van der Waals surface area contributed by atoms with Gasteiger partial charge in [-0.25, -0.2) is 8.42 Å². The fourth-order valence-corrected chi connectivity index (χ4v) is 3.43. The Morgan fingerprint density at radius 3 is 2.64 bits per heavy atom. The molecule has 2 heterocycles. The molecule has 1 aliphatic heterocycles. The molecule has 0 aliphatic carbocycles. The van der Waals surface area contributed by atoms with Crippen molar-refractivity contribution in [3.63, 3.8) is 0 Å². The van der Waals surface area contributed by atoms with Gasteiger partial charge in [-0.1, -0.05) is 0 Å². The zero-order valence-corrected chi connectivity index (χ0v) is 13.6. The summed E-state index contributed by atoms with van der Waals surface area (Å²) in [4.78, 5) is 17.9. The maximum absolute atomic E-state index is 11.9. The predicted molar refractivity (Wildman–Crippen MR) is 84.0 cm³/mol. The summed E-state index contributed by atoms with van der Waals surface area (Å²) in [7, 11) is -3.08. The van der Waals surface area contributed by atoms with Gasteiger partial charge in [-0.05, 0) is 19.1 Å². The minimum atomic E-state index is -3.08. The first-order chi connectivity index (χ1) is 10.5. The maximum Gasteiger partial charge on any atom is 0.252 e. The highest BCUT2D eigenvalue weighted by Gasteiger charge is 2.25. The number of aromatic nitrogens is 1. The molecule has 0 atom stereocenters. The largest absolute Gasteiger partial charge is 0.351 e. The quantitative estimate of drug-likeness (QED) is 0.781. The van der Waals surface area contributed by atoms with Crippen LogP contribution in [0.25, 0.3) is 0 Å². The Hall–Kier alpha value is -1.51. The second-order valence-electron chi connectivity index (χ2n) is 5.14. The number of hydrogen-bond donors (Lipinski definition) is 1. The topological polar surface area (TPSA) is 82.6 Å². The molecule has 1 saturated heterocycles. The second-order valence-corrected chi connectivity index (χ2v) is 7.40. The van der Waals surface area contributed by atoms with Gasteiger partial charge in [0, 0.05) is 51.7 Å². The van der Waals surface area contributed by atoms with Crippen LogP contribution in [0, 0.1) is 0 Å². The van der Waals surface area contributed by atoms with Crippen molar-refractivity contribution >= 4 is 15.9 Å². The van der Waals surface area contributed by atoms with Crippen LogP contribution in [-0.4, -0.2) is 73.5 Å². The van der Waals surface area contributed by atoms with Crippen molar-refractivity contribution in [1.82, 2.24) is 19.5 Å². The molecule has 1 aromatic heterocycles. The van der Waals surface area contributed by atoms with Crippen LogP contribution >= 0.6 is 0 Å². The predicted octanol–water partition coefficient (Wildman–Crippen LogP) is -0.221. The van der Waals surface area contributed by atoms with Crippen LogP contribution in [-0.2, 0) is 10.0 Å². The van der Waals surface area contributed by atoms with Gasteiger partial charge in [0.1, 0.15) is 0 Å². The highest BCUT2D eigenvalue weighted by molar-refractivity contribution is 7.89. The molecule has 1 N–H and O–H groups in total.